The molecule has 0 saturated carbocycles. The van der Waals surface area contributed by atoms with Crippen molar-refractivity contribution in [3.63, 3.8) is 0 Å². The topological polar surface area (TPSA) is 30.5 Å². The highest BCUT2D eigenvalue weighted by molar-refractivity contribution is 5.17. The molecule has 0 aliphatic rings. The molecule has 1 rings (SSSR count). The van der Waals surface area contributed by atoms with Crippen molar-refractivity contribution in [2.75, 3.05) is 19.8 Å². The molecule has 1 atom stereocenters. The third-order valence-electron chi connectivity index (χ3n) is 2.99. The highest BCUT2D eigenvalue weighted by Crippen LogP contribution is 2.12. The molecule has 114 valence electrons. The number of hydrogen-bond donors (Lipinski definition) is 1. The van der Waals surface area contributed by atoms with Gasteiger partial charge in [-0.25, -0.2) is 4.39 Å². The highest BCUT2D eigenvalue weighted by Gasteiger charge is 2.22. The summed E-state index contributed by atoms with van der Waals surface area (Å²) in [7, 11) is 0. The van der Waals surface area contributed by atoms with E-state index in [-0.39, 0.29) is 18.1 Å². The van der Waals surface area contributed by atoms with Gasteiger partial charge in [-0.05, 0) is 50.9 Å². The predicted octanol–water partition coefficient (Wildman–Crippen LogP) is 3.14. The molecule has 0 spiro atoms. The Kier molecular flexibility index (Phi) is 8.42. The zero-order valence-electron chi connectivity index (χ0n) is 12.7. The van der Waals surface area contributed by atoms with E-state index in [1.54, 1.807) is 12.1 Å². The Balaban J connectivity index is 2.75. The Morgan fingerprint density at radius 3 is 2.40 bits per heavy atom. The fourth-order valence-electron chi connectivity index (χ4n) is 2.12. The van der Waals surface area contributed by atoms with Gasteiger partial charge >= 0.3 is 0 Å². The van der Waals surface area contributed by atoms with Gasteiger partial charge in [-0.2, -0.15) is 0 Å². The van der Waals surface area contributed by atoms with Crippen LogP contribution < -0.4 is 5.32 Å². The first-order valence-corrected chi connectivity index (χ1v) is 7.42. The largest absolute Gasteiger partial charge is 0.351 e. The molecule has 0 heterocycles. The minimum Gasteiger partial charge on any atom is -0.351 e. The van der Waals surface area contributed by atoms with Crippen LogP contribution in [0.3, 0.4) is 0 Å². The third kappa shape index (κ3) is 5.99. The Hall–Kier alpha value is -0.970. The van der Waals surface area contributed by atoms with Crippen molar-refractivity contribution in [2.24, 2.45) is 0 Å². The van der Waals surface area contributed by atoms with E-state index in [1.807, 2.05) is 19.9 Å². The van der Waals surface area contributed by atoms with Crippen LogP contribution in [0, 0.1) is 5.82 Å². The molecule has 0 amide bonds. The molecule has 1 N–H and O–H groups in total. The normalized spacial score (nSPS) is 12.8. The number of hydrogen-bond acceptors (Lipinski definition) is 3. The van der Waals surface area contributed by atoms with Crippen molar-refractivity contribution < 1.29 is 13.9 Å². The SMILES string of the molecule is CCCNC(Cc1cccc(F)c1)C(OCC)OCC. The lowest BCUT2D eigenvalue weighted by molar-refractivity contribution is -0.153. The standard InChI is InChI=1S/C16H26FNO2/c1-4-10-18-15(16(19-5-2)20-6-3)12-13-8-7-9-14(17)11-13/h7-9,11,15-16,18H,4-6,10,12H2,1-3H3. The van der Waals surface area contributed by atoms with Crippen molar-refractivity contribution in [1.82, 2.24) is 5.32 Å². The van der Waals surface area contributed by atoms with Crippen LogP contribution >= 0.6 is 0 Å². The van der Waals surface area contributed by atoms with Crippen molar-refractivity contribution in [3.8, 4) is 0 Å². The monoisotopic (exact) mass is 283 g/mol. The first-order valence-electron chi connectivity index (χ1n) is 7.42. The Morgan fingerprint density at radius 1 is 1.15 bits per heavy atom. The Morgan fingerprint density at radius 2 is 1.85 bits per heavy atom. The fraction of sp³-hybridized carbons (Fsp3) is 0.625. The summed E-state index contributed by atoms with van der Waals surface area (Å²) in [6, 6.07) is 6.71. The van der Waals surface area contributed by atoms with Crippen LogP contribution in [-0.4, -0.2) is 32.1 Å². The van der Waals surface area contributed by atoms with E-state index in [1.165, 1.54) is 6.07 Å². The zero-order valence-corrected chi connectivity index (χ0v) is 12.7. The summed E-state index contributed by atoms with van der Waals surface area (Å²) >= 11 is 0. The van der Waals surface area contributed by atoms with Crippen LogP contribution in [0.4, 0.5) is 4.39 Å². The lowest BCUT2D eigenvalue weighted by Gasteiger charge is -2.28. The molecule has 4 heteroatoms. The minimum atomic E-state index is -0.306. The zero-order chi connectivity index (χ0) is 14.8. The van der Waals surface area contributed by atoms with E-state index >= 15 is 0 Å². The van der Waals surface area contributed by atoms with Gasteiger partial charge in [0.2, 0.25) is 0 Å². The quantitative estimate of drug-likeness (QED) is 0.669. The lowest BCUT2D eigenvalue weighted by atomic mass is 10.0. The Bertz CT molecular complexity index is 367. The van der Waals surface area contributed by atoms with Gasteiger partial charge in [-0.1, -0.05) is 19.1 Å². The van der Waals surface area contributed by atoms with Crippen LogP contribution in [0.15, 0.2) is 24.3 Å². The summed E-state index contributed by atoms with van der Waals surface area (Å²) in [6.45, 7) is 8.09. The Labute approximate surface area is 121 Å². The molecule has 3 nitrogen and oxygen atoms in total. The van der Waals surface area contributed by atoms with Crippen molar-refractivity contribution >= 4 is 0 Å². The molecule has 0 saturated heterocycles. The smallest absolute Gasteiger partial charge is 0.172 e. The number of nitrogens with one attached hydrogen (secondary N) is 1. The van der Waals surface area contributed by atoms with Crippen molar-refractivity contribution in [3.05, 3.63) is 35.6 Å². The summed E-state index contributed by atoms with van der Waals surface area (Å²) in [5.74, 6) is -0.207. The van der Waals surface area contributed by atoms with E-state index in [2.05, 4.69) is 12.2 Å². The number of ether oxygens (including phenoxy) is 2. The van der Waals surface area contributed by atoms with E-state index < -0.39 is 0 Å². The van der Waals surface area contributed by atoms with Gasteiger partial charge in [0.1, 0.15) is 5.82 Å². The summed E-state index contributed by atoms with van der Waals surface area (Å²) in [4.78, 5) is 0. The molecular weight excluding hydrogens is 257 g/mol. The number of halogens is 1. The minimum absolute atomic E-state index is 0.0247. The average molecular weight is 283 g/mol. The van der Waals surface area contributed by atoms with Gasteiger partial charge in [-0.15, -0.1) is 0 Å². The van der Waals surface area contributed by atoms with Crippen molar-refractivity contribution in [2.45, 2.75) is 45.9 Å². The maximum absolute atomic E-state index is 13.3. The third-order valence-corrected chi connectivity index (χ3v) is 2.99. The van der Waals surface area contributed by atoms with Crippen LogP contribution in [0.5, 0.6) is 0 Å². The number of benzene rings is 1. The van der Waals surface area contributed by atoms with Crippen LogP contribution in [0.2, 0.25) is 0 Å². The molecule has 0 bridgehead atoms. The van der Waals surface area contributed by atoms with Crippen molar-refractivity contribution in [1.29, 1.82) is 0 Å². The summed E-state index contributed by atoms with van der Waals surface area (Å²) in [6.07, 6.45) is 1.41. The van der Waals surface area contributed by atoms with E-state index in [0.29, 0.717) is 19.6 Å². The molecule has 0 radical (unpaired) electrons. The lowest BCUT2D eigenvalue weighted by Crippen LogP contribution is -2.45. The second-order valence-electron chi connectivity index (χ2n) is 4.67. The van der Waals surface area contributed by atoms with Crippen LogP contribution in [-0.2, 0) is 15.9 Å². The average Bonchev–Trinajstić information content (AvgIpc) is 2.43. The van der Waals surface area contributed by atoms with Crippen LogP contribution in [0.1, 0.15) is 32.8 Å². The predicted molar refractivity (Wildman–Crippen MR) is 79.2 cm³/mol. The molecule has 1 aromatic rings. The van der Waals surface area contributed by atoms with Gasteiger partial charge < -0.3 is 14.8 Å². The molecule has 0 aromatic heterocycles. The second-order valence-corrected chi connectivity index (χ2v) is 4.67. The van der Waals surface area contributed by atoms with Gasteiger partial charge in [0.25, 0.3) is 0 Å². The maximum Gasteiger partial charge on any atom is 0.172 e. The van der Waals surface area contributed by atoms with Gasteiger partial charge in [-0.3, -0.25) is 0 Å². The van der Waals surface area contributed by atoms with Crippen LogP contribution in [0.25, 0.3) is 0 Å². The molecule has 1 aromatic carbocycles. The highest BCUT2D eigenvalue weighted by atomic mass is 19.1. The summed E-state index contributed by atoms with van der Waals surface area (Å²) < 4.78 is 24.6. The van der Waals surface area contributed by atoms with E-state index in [9.17, 15) is 4.39 Å². The first-order chi connectivity index (χ1) is 9.71. The fourth-order valence-corrected chi connectivity index (χ4v) is 2.12. The van der Waals surface area contributed by atoms with E-state index in [4.69, 9.17) is 9.47 Å². The van der Waals surface area contributed by atoms with Gasteiger partial charge in [0, 0.05) is 13.2 Å². The second kappa shape index (κ2) is 9.86. The molecule has 0 fully saturated rings. The maximum atomic E-state index is 13.3. The first kappa shape index (κ1) is 17.1. The van der Waals surface area contributed by atoms with E-state index in [0.717, 1.165) is 18.5 Å². The summed E-state index contributed by atoms with van der Waals surface area (Å²) in [5, 5.41) is 3.43. The molecule has 0 aliphatic heterocycles. The molecular formula is C16H26FNO2. The molecule has 0 aliphatic carbocycles. The molecule has 20 heavy (non-hydrogen) atoms. The molecule has 1 unspecified atom stereocenters. The summed E-state index contributed by atoms with van der Waals surface area (Å²) in [5.41, 5.74) is 0.947. The van der Waals surface area contributed by atoms with Gasteiger partial charge in [0.05, 0.1) is 6.04 Å². The van der Waals surface area contributed by atoms with Gasteiger partial charge in [0.15, 0.2) is 6.29 Å². The number of rotatable bonds is 10.